The maximum absolute atomic E-state index is 10.5. The molecule has 0 saturated heterocycles. The molecule has 0 aliphatic heterocycles. The largest absolute Gasteiger partial charge is 0.478 e. The van der Waals surface area contributed by atoms with Crippen LogP contribution in [0, 0.1) is 0 Å². The number of carboxylic acids is 1. The lowest BCUT2D eigenvalue weighted by Crippen LogP contribution is -1.96. The highest BCUT2D eigenvalue weighted by atomic mass is 32.1. The highest BCUT2D eigenvalue weighted by molar-refractivity contribution is 7.80. The van der Waals surface area contributed by atoms with Gasteiger partial charge in [0.1, 0.15) is 0 Å². The van der Waals surface area contributed by atoms with Gasteiger partial charge in [-0.3, -0.25) is 0 Å². The van der Waals surface area contributed by atoms with E-state index in [1.54, 1.807) is 12.1 Å². The van der Waals surface area contributed by atoms with Gasteiger partial charge >= 0.3 is 5.97 Å². The Morgan fingerprint density at radius 1 is 1.31 bits per heavy atom. The van der Waals surface area contributed by atoms with Gasteiger partial charge in [0.15, 0.2) is 0 Å². The van der Waals surface area contributed by atoms with Crippen LogP contribution in [0.4, 0.5) is 0 Å². The maximum atomic E-state index is 10.5. The predicted molar refractivity (Wildman–Crippen MR) is 55.6 cm³/mol. The van der Waals surface area contributed by atoms with E-state index in [0.717, 1.165) is 18.6 Å². The van der Waals surface area contributed by atoms with Crippen molar-refractivity contribution in [2.24, 2.45) is 0 Å². The molecule has 0 fully saturated rings. The third kappa shape index (κ3) is 3.11. The number of rotatable bonds is 4. The molecule has 1 rings (SSSR count). The summed E-state index contributed by atoms with van der Waals surface area (Å²) in [5.74, 6) is -0.0125. The van der Waals surface area contributed by atoms with Crippen molar-refractivity contribution < 1.29 is 9.90 Å². The maximum Gasteiger partial charge on any atom is 0.335 e. The van der Waals surface area contributed by atoms with Gasteiger partial charge in [-0.05, 0) is 36.3 Å². The van der Waals surface area contributed by atoms with Crippen molar-refractivity contribution >= 4 is 18.6 Å². The van der Waals surface area contributed by atoms with Gasteiger partial charge in [0, 0.05) is 0 Å². The van der Waals surface area contributed by atoms with Crippen LogP contribution >= 0.6 is 12.6 Å². The minimum Gasteiger partial charge on any atom is -0.478 e. The van der Waals surface area contributed by atoms with Crippen molar-refractivity contribution in [3.63, 3.8) is 0 Å². The van der Waals surface area contributed by atoms with E-state index in [0.29, 0.717) is 5.56 Å². The first-order chi connectivity index (χ1) is 6.24. The fourth-order valence-electron chi connectivity index (χ4n) is 1.10. The number of benzene rings is 1. The van der Waals surface area contributed by atoms with Crippen LogP contribution in [-0.2, 0) is 6.42 Å². The molecule has 13 heavy (non-hydrogen) atoms. The van der Waals surface area contributed by atoms with Gasteiger partial charge < -0.3 is 5.11 Å². The van der Waals surface area contributed by atoms with E-state index in [9.17, 15) is 4.79 Å². The zero-order valence-electron chi connectivity index (χ0n) is 7.23. The summed E-state index contributed by atoms with van der Waals surface area (Å²) in [7, 11) is 0. The second-order valence-corrected chi connectivity index (χ2v) is 3.28. The zero-order valence-corrected chi connectivity index (χ0v) is 8.13. The summed E-state index contributed by atoms with van der Waals surface area (Å²) < 4.78 is 0. The molecule has 0 radical (unpaired) electrons. The molecule has 70 valence electrons. The Kier molecular flexibility index (Phi) is 3.83. The molecule has 0 saturated carbocycles. The fourth-order valence-corrected chi connectivity index (χ4v) is 1.26. The van der Waals surface area contributed by atoms with Crippen molar-refractivity contribution in [3.05, 3.63) is 35.4 Å². The van der Waals surface area contributed by atoms with E-state index in [-0.39, 0.29) is 0 Å². The van der Waals surface area contributed by atoms with E-state index in [1.807, 2.05) is 12.1 Å². The first-order valence-electron chi connectivity index (χ1n) is 4.17. The predicted octanol–water partition coefficient (Wildman–Crippen LogP) is 2.25. The second kappa shape index (κ2) is 4.92. The topological polar surface area (TPSA) is 37.3 Å². The number of hydrogen-bond donors (Lipinski definition) is 2. The molecule has 1 aromatic rings. The Morgan fingerprint density at radius 2 is 1.92 bits per heavy atom. The minimum absolute atomic E-state index is 0.342. The number of carbonyl (C=O) groups is 1. The van der Waals surface area contributed by atoms with Crippen LogP contribution < -0.4 is 0 Å². The summed E-state index contributed by atoms with van der Waals surface area (Å²) in [5, 5.41) is 8.64. The molecule has 0 aliphatic carbocycles. The summed E-state index contributed by atoms with van der Waals surface area (Å²) in [4.78, 5) is 10.5. The van der Waals surface area contributed by atoms with Crippen LogP contribution in [0.2, 0.25) is 0 Å². The van der Waals surface area contributed by atoms with Crippen LogP contribution in [0.1, 0.15) is 22.3 Å². The van der Waals surface area contributed by atoms with Crippen molar-refractivity contribution in [1.29, 1.82) is 0 Å². The first kappa shape index (κ1) is 10.1. The van der Waals surface area contributed by atoms with E-state index < -0.39 is 5.97 Å². The molecule has 1 aromatic carbocycles. The number of aromatic carboxylic acids is 1. The monoisotopic (exact) mass is 196 g/mol. The van der Waals surface area contributed by atoms with Crippen molar-refractivity contribution in [3.8, 4) is 0 Å². The number of aryl methyl sites for hydroxylation is 1. The van der Waals surface area contributed by atoms with Crippen LogP contribution in [0.3, 0.4) is 0 Å². The molecule has 0 aromatic heterocycles. The molecule has 3 heteroatoms. The molecule has 0 heterocycles. The van der Waals surface area contributed by atoms with Crippen LogP contribution in [0.15, 0.2) is 24.3 Å². The van der Waals surface area contributed by atoms with Gasteiger partial charge in [-0.15, -0.1) is 0 Å². The normalized spacial score (nSPS) is 9.92. The Balaban J connectivity index is 2.64. The van der Waals surface area contributed by atoms with Gasteiger partial charge in [-0.25, -0.2) is 4.79 Å². The highest BCUT2D eigenvalue weighted by Crippen LogP contribution is 2.06. The van der Waals surface area contributed by atoms with Gasteiger partial charge in [0.25, 0.3) is 0 Å². The first-order valence-corrected chi connectivity index (χ1v) is 4.80. The minimum atomic E-state index is -0.874. The van der Waals surface area contributed by atoms with Crippen molar-refractivity contribution in [2.45, 2.75) is 12.8 Å². The van der Waals surface area contributed by atoms with Crippen LogP contribution in [0.25, 0.3) is 0 Å². The van der Waals surface area contributed by atoms with E-state index in [1.165, 1.54) is 5.56 Å². The summed E-state index contributed by atoms with van der Waals surface area (Å²) >= 11 is 4.11. The molecule has 0 spiro atoms. The zero-order chi connectivity index (χ0) is 9.68. The molecule has 0 aliphatic rings. The summed E-state index contributed by atoms with van der Waals surface area (Å²) in [6.07, 6.45) is 1.99. The van der Waals surface area contributed by atoms with E-state index >= 15 is 0 Å². The Bertz CT molecular complexity index is 279. The second-order valence-electron chi connectivity index (χ2n) is 2.83. The molecule has 0 unspecified atom stereocenters. The quantitative estimate of drug-likeness (QED) is 0.725. The summed E-state index contributed by atoms with van der Waals surface area (Å²) in [5.41, 5.74) is 1.51. The van der Waals surface area contributed by atoms with Gasteiger partial charge in [-0.1, -0.05) is 12.1 Å². The fraction of sp³-hybridized carbons (Fsp3) is 0.300. The van der Waals surface area contributed by atoms with Gasteiger partial charge in [0.05, 0.1) is 5.56 Å². The summed E-state index contributed by atoms with van der Waals surface area (Å²) in [6.45, 7) is 0. The average Bonchev–Trinajstić information content (AvgIpc) is 2.15. The van der Waals surface area contributed by atoms with E-state index in [4.69, 9.17) is 5.11 Å². The van der Waals surface area contributed by atoms with Gasteiger partial charge in [-0.2, -0.15) is 12.6 Å². The Morgan fingerprint density at radius 3 is 2.38 bits per heavy atom. The Hall–Kier alpha value is -0.960. The lowest BCUT2D eigenvalue weighted by Gasteiger charge is -1.99. The number of carboxylic acid groups (broad SMARTS) is 1. The molecule has 0 amide bonds. The smallest absolute Gasteiger partial charge is 0.335 e. The molecular formula is C10H12O2S. The molecule has 2 nitrogen and oxygen atoms in total. The third-order valence-corrected chi connectivity index (χ3v) is 2.14. The lowest BCUT2D eigenvalue weighted by molar-refractivity contribution is 0.0697. The van der Waals surface area contributed by atoms with E-state index in [2.05, 4.69) is 12.6 Å². The average molecular weight is 196 g/mol. The standard InChI is InChI=1S/C10H12O2S/c11-10(12)9-5-3-8(4-6-9)2-1-7-13/h3-6,13H,1-2,7H2,(H,11,12). The lowest BCUT2D eigenvalue weighted by atomic mass is 10.1. The SMILES string of the molecule is O=C(O)c1ccc(CCCS)cc1. The molecule has 0 bridgehead atoms. The molecule has 1 N–H and O–H groups in total. The van der Waals surface area contributed by atoms with Crippen molar-refractivity contribution in [2.75, 3.05) is 5.75 Å². The summed E-state index contributed by atoms with van der Waals surface area (Å²) in [6, 6.07) is 6.98. The Labute approximate surface area is 83.0 Å². The van der Waals surface area contributed by atoms with Crippen molar-refractivity contribution in [1.82, 2.24) is 0 Å². The molecule has 0 atom stereocenters. The van der Waals surface area contributed by atoms with Crippen LogP contribution in [-0.4, -0.2) is 16.8 Å². The van der Waals surface area contributed by atoms with Crippen LogP contribution in [0.5, 0.6) is 0 Å². The highest BCUT2D eigenvalue weighted by Gasteiger charge is 2.00. The number of thiol groups is 1. The number of hydrogen-bond acceptors (Lipinski definition) is 2. The third-order valence-electron chi connectivity index (χ3n) is 1.82. The molecular weight excluding hydrogens is 184 g/mol. The van der Waals surface area contributed by atoms with Gasteiger partial charge in [0.2, 0.25) is 0 Å².